The molecule has 2 N–H and O–H groups in total. The van der Waals surface area contributed by atoms with E-state index in [1.54, 1.807) is 12.1 Å². The van der Waals surface area contributed by atoms with Gasteiger partial charge < -0.3 is 15.2 Å². The summed E-state index contributed by atoms with van der Waals surface area (Å²) in [6.07, 6.45) is 1.56. The molecule has 0 aromatic heterocycles. The number of aliphatic imine (C=N–C) groups is 1. The lowest BCUT2D eigenvalue weighted by atomic mass is 10.00. The van der Waals surface area contributed by atoms with Crippen molar-refractivity contribution in [2.75, 3.05) is 6.61 Å². The van der Waals surface area contributed by atoms with E-state index in [0.29, 0.717) is 17.0 Å². The van der Waals surface area contributed by atoms with Crippen molar-refractivity contribution in [3.05, 3.63) is 70.8 Å². The number of aliphatic hydroxyl groups is 1. The van der Waals surface area contributed by atoms with Crippen LogP contribution in [-0.4, -0.2) is 29.4 Å². The summed E-state index contributed by atoms with van der Waals surface area (Å²) in [7, 11) is 0. The number of hydrogen-bond donors (Lipinski definition) is 2. The third kappa shape index (κ3) is 5.01. The minimum absolute atomic E-state index is 0.0151. The van der Waals surface area contributed by atoms with Gasteiger partial charge in [0.15, 0.2) is 0 Å². The van der Waals surface area contributed by atoms with Crippen molar-refractivity contribution in [3.63, 3.8) is 0 Å². The molecule has 0 saturated carbocycles. The summed E-state index contributed by atoms with van der Waals surface area (Å²) < 4.78 is 5.69. The predicted octanol–water partition coefficient (Wildman–Crippen LogP) is 3.92. The van der Waals surface area contributed by atoms with E-state index < -0.39 is 6.61 Å². The standard InChI is InChI=1S/C25H27N3O3/c1-15(2)31-24-11-8-18(12-19(24)13-26)16(3)27-17(4)20-6-5-7-22-21(20)9-10-23(22)28-25(30)14-29/h5-8,11-12,15,23,29H,4,9-10,14H2,1-3H3,(H,28,30)/t23-/m0/s1. The van der Waals surface area contributed by atoms with Crippen LogP contribution in [0.3, 0.4) is 0 Å². The molecule has 1 amide bonds. The SMILES string of the molecule is C=C(N=C(C)c1ccc(OC(C)C)c(C#N)c1)c1cccc2c1CC[C@@H]2NC(=O)CO. The minimum atomic E-state index is -0.520. The Kier molecular flexibility index (Phi) is 6.88. The van der Waals surface area contributed by atoms with Crippen LogP contribution in [0.1, 0.15) is 61.1 Å². The van der Waals surface area contributed by atoms with Crippen LogP contribution in [-0.2, 0) is 11.2 Å². The lowest BCUT2D eigenvalue weighted by Crippen LogP contribution is -2.29. The number of benzene rings is 2. The molecule has 0 bridgehead atoms. The number of nitrogens with one attached hydrogen (secondary N) is 1. The molecule has 1 atom stereocenters. The quantitative estimate of drug-likeness (QED) is 0.668. The van der Waals surface area contributed by atoms with E-state index in [4.69, 9.17) is 14.8 Å². The number of nitrogens with zero attached hydrogens (tertiary/aromatic N) is 2. The Labute approximate surface area is 182 Å². The molecule has 2 aromatic rings. The molecule has 6 nitrogen and oxygen atoms in total. The van der Waals surface area contributed by atoms with Gasteiger partial charge in [0, 0.05) is 11.3 Å². The summed E-state index contributed by atoms with van der Waals surface area (Å²) in [6.45, 7) is 9.37. The van der Waals surface area contributed by atoms with Gasteiger partial charge in [-0.25, -0.2) is 0 Å². The maximum absolute atomic E-state index is 11.6. The van der Waals surface area contributed by atoms with Crippen molar-refractivity contribution in [3.8, 4) is 11.8 Å². The molecule has 3 rings (SSSR count). The number of hydrogen-bond acceptors (Lipinski definition) is 5. The van der Waals surface area contributed by atoms with Gasteiger partial charge in [-0.05, 0) is 68.5 Å². The normalized spacial score (nSPS) is 15.4. The van der Waals surface area contributed by atoms with E-state index >= 15 is 0 Å². The Morgan fingerprint density at radius 3 is 2.84 bits per heavy atom. The van der Waals surface area contributed by atoms with Crippen LogP contribution >= 0.6 is 0 Å². The van der Waals surface area contributed by atoms with E-state index in [-0.39, 0.29) is 18.1 Å². The van der Waals surface area contributed by atoms with Crippen LogP contribution in [0.4, 0.5) is 0 Å². The van der Waals surface area contributed by atoms with E-state index in [2.05, 4.69) is 18.0 Å². The van der Waals surface area contributed by atoms with Crippen molar-refractivity contribution >= 4 is 17.3 Å². The van der Waals surface area contributed by atoms with Crippen LogP contribution in [0.15, 0.2) is 48.0 Å². The Balaban J connectivity index is 1.86. The van der Waals surface area contributed by atoms with Gasteiger partial charge in [-0.2, -0.15) is 5.26 Å². The van der Waals surface area contributed by atoms with Crippen molar-refractivity contribution in [1.82, 2.24) is 5.32 Å². The molecule has 0 aliphatic heterocycles. The molecule has 1 aliphatic rings. The molecule has 0 heterocycles. The number of carbonyl (C=O) groups is 1. The highest BCUT2D eigenvalue weighted by molar-refractivity contribution is 6.02. The number of fused-ring (bicyclic) bond motifs is 1. The molecule has 0 saturated heterocycles. The Bertz CT molecular complexity index is 1080. The maximum atomic E-state index is 11.6. The fourth-order valence-corrected chi connectivity index (χ4v) is 3.84. The van der Waals surface area contributed by atoms with Crippen LogP contribution in [0.25, 0.3) is 5.70 Å². The summed E-state index contributed by atoms with van der Waals surface area (Å²) in [6, 6.07) is 13.4. The van der Waals surface area contributed by atoms with Gasteiger partial charge in [0.2, 0.25) is 5.91 Å². The zero-order valence-electron chi connectivity index (χ0n) is 18.1. The monoisotopic (exact) mass is 417 g/mol. The van der Waals surface area contributed by atoms with Crippen LogP contribution in [0.2, 0.25) is 0 Å². The van der Waals surface area contributed by atoms with Crippen molar-refractivity contribution in [2.24, 2.45) is 4.99 Å². The number of carbonyl (C=O) groups excluding carboxylic acids is 1. The third-order valence-corrected chi connectivity index (χ3v) is 5.24. The average molecular weight is 418 g/mol. The lowest BCUT2D eigenvalue weighted by Gasteiger charge is -2.15. The molecule has 0 spiro atoms. The summed E-state index contributed by atoms with van der Waals surface area (Å²) in [5.41, 5.74) is 5.77. The number of aliphatic hydroxyl groups excluding tert-OH is 1. The first kappa shape index (κ1) is 22.3. The van der Waals surface area contributed by atoms with Gasteiger partial charge in [-0.3, -0.25) is 9.79 Å². The van der Waals surface area contributed by atoms with E-state index in [1.807, 2.05) is 45.0 Å². The smallest absolute Gasteiger partial charge is 0.246 e. The summed E-state index contributed by atoms with van der Waals surface area (Å²) in [5.74, 6) is 0.179. The van der Waals surface area contributed by atoms with Gasteiger partial charge in [-0.15, -0.1) is 0 Å². The molecule has 2 aromatic carbocycles. The average Bonchev–Trinajstić information content (AvgIpc) is 3.16. The molecule has 31 heavy (non-hydrogen) atoms. The first-order valence-corrected chi connectivity index (χ1v) is 10.3. The molecule has 0 unspecified atom stereocenters. The summed E-state index contributed by atoms with van der Waals surface area (Å²) in [4.78, 5) is 16.3. The van der Waals surface area contributed by atoms with Gasteiger partial charge in [0.05, 0.1) is 23.4 Å². The van der Waals surface area contributed by atoms with E-state index in [0.717, 1.165) is 40.8 Å². The second-order valence-electron chi connectivity index (χ2n) is 7.82. The fourth-order valence-electron chi connectivity index (χ4n) is 3.84. The Morgan fingerprint density at radius 1 is 1.39 bits per heavy atom. The van der Waals surface area contributed by atoms with Crippen molar-refractivity contribution in [1.29, 1.82) is 5.26 Å². The Hall–Kier alpha value is -3.43. The molecular formula is C25H27N3O3. The molecule has 160 valence electrons. The number of nitriles is 1. The fraction of sp³-hybridized carbons (Fsp3) is 0.320. The largest absolute Gasteiger partial charge is 0.490 e. The molecule has 0 fully saturated rings. The second kappa shape index (κ2) is 9.59. The summed E-state index contributed by atoms with van der Waals surface area (Å²) >= 11 is 0. The summed E-state index contributed by atoms with van der Waals surface area (Å²) in [5, 5.41) is 21.3. The van der Waals surface area contributed by atoms with E-state index in [9.17, 15) is 10.1 Å². The maximum Gasteiger partial charge on any atom is 0.246 e. The van der Waals surface area contributed by atoms with Gasteiger partial charge in [0.1, 0.15) is 18.4 Å². The highest BCUT2D eigenvalue weighted by Crippen LogP contribution is 2.36. The van der Waals surface area contributed by atoms with Crippen LogP contribution in [0, 0.1) is 11.3 Å². The zero-order valence-corrected chi connectivity index (χ0v) is 18.1. The van der Waals surface area contributed by atoms with Gasteiger partial charge in [-0.1, -0.05) is 24.8 Å². The highest BCUT2D eigenvalue weighted by Gasteiger charge is 2.26. The van der Waals surface area contributed by atoms with Gasteiger partial charge >= 0.3 is 0 Å². The topological polar surface area (TPSA) is 94.7 Å². The lowest BCUT2D eigenvalue weighted by molar-refractivity contribution is -0.124. The number of amides is 1. The minimum Gasteiger partial charge on any atom is -0.490 e. The molecular weight excluding hydrogens is 390 g/mol. The highest BCUT2D eigenvalue weighted by atomic mass is 16.5. The van der Waals surface area contributed by atoms with Gasteiger partial charge in [0.25, 0.3) is 0 Å². The zero-order chi connectivity index (χ0) is 22.5. The number of rotatable bonds is 7. The molecule has 1 aliphatic carbocycles. The van der Waals surface area contributed by atoms with E-state index in [1.165, 1.54) is 0 Å². The third-order valence-electron chi connectivity index (χ3n) is 5.24. The number of ether oxygens (including phenoxy) is 1. The Morgan fingerprint density at radius 2 is 2.16 bits per heavy atom. The van der Waals surface area contributed by atoms with Crippen molar-refractivity contribution in [2.45, 2.75) is 45.8 Å². The van der Waals surface area contributed by atoms with Crippen LogP contribution < -0.4 is 10.1 Å². The van der Waals surface area contributed by atoms with Crippen molar-refractivity contribution < 1.29 is 14.6 Å². The molecule has 6 heteroatoms. The predicted molar refractivity (Wildman–Crippen MR) is 121 cm³/mol. The first-order chi connectivity index (χ1) is 14.8. The first-order valence-electron chi connectivity index (χ1n) is 10.3. The van der Waals surface area contributed by atoms with Crippen LogP contribution in [0.5, 0.6) is 5.75 Å². The second-order valence-corrected chi connectivity index (χ2v) is 7.82. The molecule has 0 radical (unpaired) electrons.